The predicted octanol–water partition coefficient (Wildman–Crippen LogP) is 1.96. The largest absolute Gasteiger partial charge is 0.355 e. The molecule has 2 fully saturated rings. The molecule has 2 aliphatic heterocycles. The first kappa shape index (κ1) is 18.9. The average molecular weight is 380 g/mol. The molecule has 0 aromatic carbocycles. The molecule has 2 amide bonds. The summed E-state index contributed by atoms with van der Waals surface area (Å²) in [5.74, 6) is 0.451. The minimum absolute atomic E-state index is 0. The first-order chi connectivity index (χ1) is 11.7. The molecule has 0 spiro atoms. The van der Waals surface area contributed by atoms with E-state index in [0.717, 1.165) is 54.5 Å². The molecular formula is C16H15KN5O2S. The van der Waals surface area contributed by atoms with Gasteiger partial charge in [-0.05, 0) is 49.2 Å². The van der Waals surface area contributed by atoms with Gasteiger partial charge in [0.15, 0.2) is 5.82 Å². The Labute approximate surface area is 191 Å². The molecule has 0 aliphatic carbocycles. The maximum atomic E-state index is 11.7. The number of anilines is 1. The van der Waals surface area contributed by atoms with Crippen LogP contribution in [0.5, 0.6) is 0 Å². The number of thioether (sulfide) groups is 1. The second-order valence-electron chi connectivity index (χ2n) is 5.70. The zero-order valence-corrected chi connectivity index (χ0v) is 17.8. The van der Waals surface area contributed by atoms with Crippen LogP contribution in [0.4, 0.5) is 10.6 Å². The van der Waals surface area contributed by atoms with Crippen LogP contribution >= 0.6 is 11.8 Å². The standard InChI is InChI=1S/C16H15N5O2S.K/c22-15-12(24-16(23)20-15)8-10-4-5-11-13(19-10)14(18-9-17-11)21-6-2-1-3-7-21;/h4-5,8-9H,1-3,6-7H2,(H,20,22,23);. The van der Waals surface area contributed by atoms with E-state index >= 15 is 0 Å². The van der Waals surface area contributed by atoms with Gasteiger partial charge in [-0.25, -0.2) is 15.0 Å². The first-order valence-electron chi connectivity index (χ1n) is 7.82. The van der Waals surface area contributed by atoms with Crippen LogP contribution in [0, 0.1) is 0 Å². The molecule has 25 heavy (non-hydrogen) atoms. The van der Waals surface area contributed by atoms with Crippen LogP contribution in [-0.2, 0) is 4.79 Å². The summed E-state index contributed by atoms with van der Waals surface area (Å²) in [5.41, 5.74) is 2.11. The van der Waals surface area contributed by atoms with Crippen molar-refractivity contribution in [2.45, 2.75) is 19.3 Å². The van der Waals surface area contributed by atoms with Crippen molar-refractivity contribution in [3.63, 3.8) is 0 Å². The number of hydrogen-bond donors (Lipinski definition) is 1. The van der Waals surface area contributed by atoms with Crippen molar-refractivity contribution in [3.8, 4) is 0 Å². The zero-order valence-electron chi connectivity index (χ0n) is 13.9. The molecule has 9 heteroatoms. The van der Waals surface area contributed by atoms with Crippen LogP contribution in [-0.4, -0.2) is 90.6 Å². The molecule has 2 aromatic heterocycles. The molecule has 0 unspecified atom stereocenters. The van der Waals surface area contributed by atoms with Crippen molar-refractivity contribution in [2.24, 2.45) is 0 Å². The zero-order chi connectivity index (χ0) is 16.5. The van der Waals surface area contributed by atoms with E-state index in [2.05, 4.69) is 25.2 Å². The normalized spacial score (nSPS) is 19.2. The van der Waals surface area contributed by atoms with Crippen LogP contribution in [0.3, 0.4) is 0 Å². The van der Waals surface area contributed by atoms with Gasteiger partial charge in [0, 0.05) is 64.5 Å². The Morgan fingerprint density at radius 1 is 1.12 bits per heavy atom. The Morgan fingerprint density at radius 3 is 2.64 bits per heavy atom. The topological polar surface area (TPSA) is 88.1 Å². The number of nitrogens with zero attached hydrogens (tertiary/aromatic N) is 4. The fourth-order valence-corrected chi connectivity index (χ4v) is 3.58. The van der Waals surface area contributed by atoms with Gasteiger partial charge in [-0.2, -0.15) is 0 Å². The smallest absolute Gasteiger partial charge is 0.290 e. The summed E-state index contributed by atoms with van der Waals surface area (Å²) in [6, 6.07) is 3.65. The number of hydrogen-bond acceptors (Lipinski definition) is 7. The minimum Gasteiger partial charge on any atom is -0.355 e. The molecular weight excluding hydrogens is 365 g/mol. The van der Waals surface area contributed by atoms with Crippen molar-refractivity contribution < 1.29 is 9.59 Å². The molecule has 123 valence electrons. The second kappa shape index (κ2) is 8.23. The van der Waals surface area contributed by atoms with Gasteiger partial charge >= 0.3 is 0 Å². The van der Waals surface area contributed by atoms with Crippen LogP contribution < -0.4 is 10.2 Å². The van der Waals surface area contributed by atoms with E-state index in [4.69, 9.17) is 0 Å². The van der Waals surface area contributed by atoms with E-state index in [9.17, 15) is 9.59 Å². The number of carbonyl (C=O) groups excluding carboxylic acids is 2. The summed E-state index contributed by atoms with van der Waals surface area (Å²) in [6.07, 6.45) is 6.72. The maximum absolute atomic E-state index is 11.7. The van der Waals surface area contributed by atoms with Gasteiger partial charge in [0.1, 0.15) is 11.8 Å². The third kappa shape index (κ3) is 4.12. The van der Waals surface area contributed by atoms with Gasteiger partial charge in [0.25, 0.3) is 11.1 Å². The molecule has 2 aliphatic rings. The first-order valence-corrected chi connectivity index (χ1v) is 8.64. The number of fused-ring (bicyclic) bond motifs is 1. The summed E-state index contributed by atoms with van der Waals surface area (Å²) >= 11 is 0.886. The number of carbonyl (C=O) groups is 2. The number of aromatic nitrogens is 3. The predicted molar refractivity (Wildman–Crippen MR) is 98.3 cm³/mol. The summed E-state index contributed by atoms with van der Waals surface area (Å²) in [6.45, 7) is 1.93. The van der Waals surface area contributed by atoms with Crippen LogP contribution in [0.1, 0.15) is 25.0 Å². The fourth-order valence-electron chi connectivity index (χ4n) is 2.92. The Kier molecular flexibility index (Phi) is 6.24. The number of rotatable bonds is 2. The number of piperidine rings is 1. The second-order valence-corrected chi connectivity index (χ2v) is 6.72. The van der Waals surface area contributed by atoms with Gasteiger partial charge in [0.05, 0.1) is 16.1 Å². The Hall–Kier alpha value is -0.844. The van der Waals surface area contributed by atoms with E-state index in [1.165, 1.54) is 6.42 Å². The monoisotopic (exact) mass is 380 g/mol. The molecule has 4 rings (SSSR count). The minimum atomic E-state index is -0.382. The molecule has 4 heterocycles. The van der Waals surface area contributed by atoms with Gasteiger partial charge in [-0.1, -0.05) is 0 Å². The third-order valence-electron chi connectivity index (χ3n) is 4.06. The van der Waals surface area contributed by atoms with Gasteiger partial charge in [-0.3, -0.25) is 14.9 Å². The molecule has 0 atom stereocenters. The fraction of sp³-hybridized carbons (Fsp3) is 0.312. The molecule has 0 saturated carbocycles. The van der Waals surface area contributed by atoms with Crippen LogP contribution in [0.25, 0.3) is 17.1 Å². The van der Waals surface area contributed by atoms with Crippen molar-refractivity contribution in [1.29, 1.82) is 0 Å². The molecule has 7 nitrogen and oxygen atoms in total. The number of pyridine rings is 1. The van der Waals surface area contributed by atoms with Crippen molar-refractivity contribution in [2.75, 3.05) is 18.0 Å². The summed E-state index contributed by atoms with van der Waals surface area (Å²) in [4.78, 5) is 38.9. The Morgan fingerprint density at radius 2 is 1.92 bits per heavy atom. The van der Waals surface area contributed by atoms with Gasteiger partial charge in [0.2, 0.25) is 0 Å². The SMILES string of the molecule is O=C1NC(=O)C(=Cc2ccc3ncnc(N4CCCCC4)c3n2)S1.[K]. The summed E-state index contributed by atoms with van der Waals surface area (Å²) in [7, 11) is 0. The van der Waals surface area contributed by atoms with Gasteiger partial charge in [-0.15, -0.1) is 0 Å². The third-order valence-corrected chi connectivity index (χ3v) is 4.87. The van der Waals surface area contributed by atoms with Gasteiger partial charge < -0.3 is 4.90 Å². The quantitative estimate of drug-likeness (QED) is 0.629. The summed E-state index contributed by atoms with van der Waals surface area (Å²) in [5, 5.41) is 1.89. The molecule has 0 bridgehead atoms. The average Bonchev–Trinajstić information content (AvgIpc) is 2.92. The number of nitrogens with one attached hydrogen (secondary N) is 1. The van der Waals surface area contributed by atoms with Crippen molar-refractivity contribution in [1.82, 2.24) is 20.3 Å². The molecule has 1 N–H and O–H groups in total. The number of imide groups is 1. The van der Waals surface area contributed by atoms with Crippen molar-refractivity contribution in [3.05, 3.63) is 29.1 Å². The Balaban J connectivity index is 0.00000182. The summed E-state index contributed by atoms with van der Waals surface area (Å²) < 4.78 is 0. The molecule has 1 radical (unpaired) electrons. The molecule has 2 aromatic rings. The van der Waals surface area contributed by atoms with E-state index in [0.29, 0.717) is 10.6 Å². The van der Waals surface area contributed by atoms with Crippen molar-refractivity contribution >= 4 is 97.2 Å². The number of amides is 2. The van der Waals surface area contributed by atoms with E-state index < -0.39 is 0 Å². The molecule has 2 saturated heterocycles. The Bertz CT molecular complexity index is 867. The maximum Gasteiger partial charge on any atom is 0.290 e. The van der Waals surface area contributed by atoms with E-state index in [-0.39, 0.29) is 62.5 Å². The van der Waals surface area contributed by atoms with E-state index in [1.54, 1.807) is 18.5 Å². The van der Waals surface area contributed by atoms with Crippen LogP contribution in [0.15, 0.2) is 23.4 Å². The van der Waals surface area contributed by atoms with E-state index in [1.807, 2.05) is 6.07 Å². The van der Waals surface area contributed by atoms with Crippen LogP contribution in [0.2, 0.25) is 0 Å².